The zero-order valence-electron chi connectivity index (χ0n) is 10.8. The standard InChI is InChI=1S/C15H16N2O2/c1-10-13(14(18)16-9-11-7-8-11)17-15(19-10)12-5-3-2-4-6-12/h2-6,11H,7-9H2,1H3,(H,16,18). The van der Waals surface area contributed by atoms with Gasteiger partial charge in [0, 0.05) is 12.1 Å². The number of aromatic nitrogens is 1. The van der Waals surface area contributed by atoms with Gasteiger partial charge in [-0.3, -0.25) is 4.79 Å². The number of aryl methyl sites for hydroxylation is 1. The van der Waals surface area contributed by atoms with Gasteiger partial charge in [-0.1, -0.05) is 18.2 Å². The molecule has 1 aliphatic rings. The van der Waals surface area contributed by atoms with Crippen LogP contribution in [0.15, 0.2) is 34.7 Å². The van der Waals surface area contributed by atoms with Gasteiger partial charge in [0.25, 0.3) is 5.91 Å². The second-order valence-corrected chi connectivity index (χ2v) is 4.94. The maximum atomic E-state index is 12.0. The number of rotatable bonds is 4. The Bertz CT molecular complexity index is 585. The molecule has 0 saturated heterocycles. The van der Waals surface area contributed by atoms with Gasteiger partial charge >= 0.3 is 0 Å². The maximum Gasteiger partial charge on any atom is 0.273 e. The number of oxazole rings is 1. The third-order valence-electron chi connectivity index (χ3n) is 3.28. The quantitative estimate of drug-likeness (QED) is 0.915. The smallest absolute Gasteiger partial charge is 0.273 e. The summed E-state index contributed by atoms with van der Waals surface area (Å²) in [7, 11) is 0. The molecule has 0 aliphatic heterocycles. The van der Waals surface area contributed by atoms with E-state index in [1.165, 1.54) is 12.8 Å². The topological polar surface area (TPSA) is 55.1 Å². The molecule has 3 rings (SSSR count). The highest BCUT2D eigenvalue weighted by Gasteiger charge is 2.24. The molecule has 4 heteroatoms. The highest BCUT2D eigenvalue weighted by Crippen LogP contribution is 2.28. The van der Waals surface area contributed by atoms with Crippen molar-refractivity contribution in [1.29, 1.82) is 0 Å². The molecule has 1 N–H and O–H groups in total. The van der Waals surface area contributed by atoms with Crippen LogP contribution in [0.1, 0.15) is 29.1 Å². The van der Waals surface area contributed by atoms with Crippen LogP contribution in [-0.2, 0) is 0 Å². The lowest BCUT2D eigenvalue weighted by molar-refractivity contribution is 0.0946. The fourth-order valence-electron chi connectivity index (χ4n) is 1.95. The van der Waals surface area contributed by atoms with Crippen LogP contribution in [0.2, 0.25) is 0 Å². The number of carbonyl (C=O) groups excluding carboxylic acids is 1. The van der Waals surface area contributed by atoms with Crippen LogP contribution in [0.5, 0.6) is 0 Å². The minimum Gasteiger partial charge on any atom is -0.441 e. The van der Waals surface area contributed by atoms with Crippen molar-refractivity contribution in [2.45, 2.75) is 19.8 Å². The van der Waals surface area contributed by atoms with E-state index in [9.17, 15) is 4.79 Å². The van der Waals surface area contributed by atoms with Gasteiger partial charge in [0.1, 0.15) is 5.76 Å². The van der Waals surface area contributed by atoms with Crippen LogP contribution in [0.3, 0.4) is 0 Å². The van der Waals surface area contributed by atoms with Crippen LogP contribution in [0.25, 0.3) is 11.5 Å². The second-order valence-electron chi connectivity index (χ2n) is 4.94. The predicted octanol–water partition coefficient (Wildman–Crippen LogP) is 2.79. The summed E-state index contributed by atoms with van der Waals surface area (Å²) in [5, 5.41) is 2.91. The Labute approximate surface area is 111 Å². The summed E-state index contributed by atoms with van der Waals surface area (Å²) in [6.07, 6.45) is 2.43. The molecule has 98 valence electrons. The molecule has 0 radical (unpaired) electrons. The lowest BCUT2D eigenvalue weighted by Crippen LogP contribution is -2.26. The number of hydrogen-bond donors (Lipinski definition) is 1. The summed E-state index contributed by atoms with van der Waals surface area (Å²) in [4.78, 5) is 16.3. The van der Waals surface area contributed by atoms with Crippen molar-refractivity contribution in [2.24, 2.45) is 5.92 Å². The first-order valence-electron chi connectivity index (χ1n) is 6.55. The van der Waals surface area contributed by atoms with Crippen LogP contribution in [-0.4, -0.2) is 17.4 Å². The highest BCUT2D eigenvalue weighted by molar-refractivity contribution is 5.93. The van der Waals surface area contributed by atoms with Gasteiger partial charge < -0.3 is 9.73 Å². The summed E-state index contributed by atoms with van der Waals surface area (Å²) < 4.78 is 5.57. The first-order valence-corrected chi connectivity index (χ1v) is 6.55. The molecule has 1 aromatic carbocycles. The molecule has 0 bridgehead atoms. The van der Waals surface area contributed by atoms with E-state index in [4.69, 9.17) is 4.42 Å². The molecule has 4 nitrogen and oxygen atoms in total. The van der Waals surface area contributed by atoms with Crippen LogP contribution < -0.4 is 5.32 Å². The van der Waals surface area contributed by atoms with E-state index in [1.807, 2.05) is 30.3 Å². The van der Waals surface area contributed by atoms with Crippen LogP contribution in [0.4, 0.5) is 0 Å². The molecule has 1 saturated carbocycles. The highest BCUT2D eigenvalue weighted by atomic mass is 16.4. The van der Waals surface area contributed by atoms with Crippen molar-refractivity contribution in [1.82, 2.24) is 10.3 Å². The molecule has 0 unspecified atom stereocenters. The van der Waals surface area contributed by atoms with Gasteiger partial charge in [0.05, 0.1) is 0 Å². The Hall–Kier alpha value is -2.10. The van der Waals surface area contributed by atoms with Gasteiger partial charge in [-0.2, -0.15) is 0 Å². The SMILES string of the molecule is Cc1oc(-c2ccccc2)nc1C(=O)NCC1CC1. The lowest BCUT2D eigenvalue weighted by Gasteiger charge is -2.00. The summed E-state index contributed by atoms with van der Waals surface area (Å²) in [5.74, 6) is 1.57. The molecule has 1 aliphatic carbocycles. The zero-order chi connectivity index (χ0) is 13.2. The summed E-state index contributed by atoms with van der Waals surface area (Å²) in [6.45, 7) is 2.51. The zero-order valence-corrected chi connectivity index (χ0v) is 10.8. The van der Waals surface area contributed by atoms with Gasteiger partial charge in [0.15, 0.2) is 5.69 Å². The molecule has 1 aromatic heterocycles. The fourth-order valence-corrected chi connectivity index (χ4v) is 1.95. The second kappa shape index (κ2) is 4.88. The van der Waals surface area contributed by atoms with Gasteiger partial charge in [-0.15, -0.1) is 0 Å². The van der Waals surface area contributed by atoms with Crippen molar-refractivity contribution in [3.63, 3.8) is 0 Å². The maximum absolute atomic E-state index is 12.0. The Morgan fingerprint density at radius 3 is 2.79 bits per heavy atom. The van der Waals surface area contributed by atoms with Gasteiger partial charge in [-0.25, -0.2) is 4.98 Å². The third kappa shape index (κ3) is 2.67. The number of nitrogens with zero attached hydrogens (tertiary/aromatic N) is 1. The average molecular weight is 256 g/mol. The molecule has 2 aromatic rings. The molecular formula is C15H16N2O2. The molecule has 0 atom stereocenters. The fraction of sp³-hybridized carbons (Fsp3) is 0.333. The number of nitrogens with one attached hydrogen (secondary N) is 1. The van der Waals surface area contributed by atoms with E-state index >= 15 is 0 Å². The molecular weight excluding hydrogens is 240 g/mol. The number of amides is 1. The first kappa shape index (κ1) is 12.0. The molecule has 1 heterocycles. The Balaban J connectivity index is 1.78. The number of hydrogen-bond acceptors (Lipinski definition) is 3. The monoisotopic (exact) mass is 256 g/mol. The van der Waals surface area contributed by atoms with Crippen molar-refractivity contribution >= 4 is 5.91 Å². The third-order valence-corrected chi connectivity index (χ3v) is 3.28. The van der Waals surface area contributed by atoms with E-state index in [0.29, 0.717) is 23.3 Å². The van der Waals surface area contributed by atoms with Gasteiger partial charge in [0.2, 0.25) is 5.89 Å². The number of carbonyl (C=O) groups is 1. The normalized spacial score (nSPS) is 14.4. The largest absolute Gasteiger partial charge is 0.441 e. The predicted molar refractivity (Wildman–Crippen MR) is 71.7 cm³/mol. The van der Waals surface area contributed by atoms with Crippen molar-refractivity contribution in [3.8, 4) is 11.5 Å². The summed E-state index contributed by atoms with van der Waals surface area (Å²) in [6, 6.07) is 9.60. The minimum atomic E-state index is -0.143. The van der Waals surface area contributed by atoms with E-state index < -0.39 is 0 Å². The van der Waals surface area contributed by atoms with Crippen LogP contribution >= 0.6 is 0 Å². The summed E-state index contributed by atoms with van der Waals surface area (Å²) in [5.41, 5.74) is 1.27. The van der Waals surface area contributed by atoms with Crippen molar-refractivity contribution in [3.05, 3.63) is 41.8 Å². The molecule has 0 spiro atoms. The molecule has 1 amide bonds. The summed E-state index contributed by atoms with van der Waals surface area (Å²) >= 11 is 0. The van der Waals surface area contributed by atoms with E-state index in [1.54, 1.807) is 6.92 Å². The Morgan fingerprint density at radius 1 is 1.37 bits per heavy atom. The van der Waals surface area contributed by atoms with Crippen molar-refractivity contribution in [2.75, 3.05) is 6.54 Å². The first-order chi connectivity index (χ1) is 9.24. The minimum absolute atomic E-state index is 0.143. The lowest BCUT2D eigenvalue weighted by atomic mass is 10.2. The van der Waals surface area contributed by atoms with E-state index in [0.717, 1.165) is 12.1 Å². The van der Waals surface area contributed by atoms with E-state index in [-0.39, 0.29) is 5.91 Å². The van der Waals surface area contributed by atoms with E-state index in [2.05, 4.69) is 10.3 Å². The van der Waals surface area contributed by atoms with Crippen molar-refractivity contribution < 1.29 is 9.21 Å². The average Bonchev–Trinajstić information content (AvgIpc) is 3.18. The van der Waals surface area contributed by atoms with Gasteiger partial charge in [-0.05, 0) is 37.8 Å². The van der Waals surface area contributed by atoms with Crippen LogP contribution in [0, 0.1) is 12.8 Å². The molecule has 1 fully saturated rings. The molecule has 19 heavy (non-hydrogen) atoms. The number of benzene rings is 1. The Morgan fingerprint density at radius 2 is 2.11 bits per heavy atom. The Kier molecular flexibility index (Phi) is 3.07.